The molecule has 4 aromatic rings. The molecule has 2 aromatic heterocycles. The average Bonchev–Trinajstić information content (AvgIpc) is 3.51. The molecule has 0 radical (unpaired) electrons. The second-order valence-electron chi connectivity index (χ2n) is 7.12. The molecule has 11 heteroatoms. The van der Waals surface area contributed by atoms with Crippen molar-refractivity contribution in [3.63, 3.8) is 0 Å². The first-order valence-corrected chi connectivity index (χ1v) is 12.3. The van der Waals surface area contributed by atoms with Crippen molar-refractivity contribution < 1.29 is 18.8 Å². The highest BCUT2D eigenvalue weighted by atomic mass is 32.2. The fourth-order valence-corrected chi connectivity index (χ4v) is 4.59. The van der Waals surface area contributed by atoms with Crippen LogP contribution >= 0.6 is 23.1 Å². The van der Waals surface area contributed by atoms with Gasteiger partial charge in [0.1, 0.15) is 11.5 Å². The number of hydrogen-bond acceptors (Lipinski definition) is 10. The molecular weight excluding hydrogens is 474 g/mol. The van der Waals surface area contributed by atoms with Crippen LogP contribution in [0.1, 0.15) is 17.9 Å². The first-order valence-electron chi connectivity index (χ1n) is 10.5. The number of carbonyl (C=O) groups is 1. The van der Waals surface area contributed by atoms with Crippen LogP contribution in [0.25, 0.3) is 11.4 Å². The lowest BCUT2D eigenvalue weighted by atomic mass is 10.2. The lowest BCUT2D eigenvalue weighted by Crippen LogP contribution is -2.12. The molecule has 1 N–H and O–H groups in total. The van der Waals surface area contributed by atoms with Gasteiger partial charge in [-0.15, -0.1) is 10.2 Å². The van der Waals surface area contributed by atoms with Crippen molar-refractivity contribution in [1.82, 2.24) is 20.3 Å². The van der Waals surface area contributed by atoms with E-state index in [9.17, 15) is 4.79 Å². The van der Waals surface area contributed by atoms with Gasteiger partial charge in [-0.05, 0) is 42.8 Å². The summed E-state index contributed by atoms with van der Waals surface area (Å²) in [6.45, 7) is 2.57. The van der Waals surface area contributed by atoms with Gasteiger partial charge < -0.3 is 19.3 Å². The summed E-state index contributed by atoms with van der Waals surface area (Å²) < 4.78 is 17.0. The van der Waals surface area contributed by atoms with Crippen molar-refractivity contribution in [2.45, 2.75) is 24.1 Å². The number of carbonyl (C=O) groups excluding carboxylic acids is 1. The Morgan fingerprint density at radius 1 is 1.15 bits per heavy atom. The fourth-order valence-electron chi connectivity index (χ4n) is 2.93. The molecule has 0 unspecified atom stereocenters. The molecule has 0 aliphatic carbocycles. The average molecular weight is 498 g/mol. The topological polar surface area (TPSA) is 112 Å². The normalized spacial score (nSPS) is 10.8. The molecule has 0 spiro atoms. The summed E-state index contributed by atoms with van der Waals surface area (Å²) in [6.07, 6.45) is 0.516. The fraction of sp³-hybridized carbons (Fsp3) is 0.261. The van der Waals surface area contributed by atoms with Crippen molar-refractivity contribution in [2.24, 2.45) is 0 Å². The Bertz CT molecular complexity index is 1230. The van der Waals surface area contributed by atoms with Crippen LogP contribution in [0.4, 0.5) is 5.13 Å². The van der Waals surface area contributed by atoms with Gasteiger partial charge >= 0.3 is 0 Å². The number of nitrogens with zero attached hydrogens (tertiary/aromatic N) is 4. The molecule has 2 aromatic carbocycles. The maximum Gasteiger partial charge on any atom is 0.227 e. The Labute approximate surface area is 204 Å². The number of thioether (sulfide) groups is 1. The summed E-state index contributed by atoms with van der Waals surface area (Å²) in [5, 5.41) is 15.3. The van der Waals surface area contributed by atoms with Crippen molar-refractivity contribution in [3.05, 3.63) is 60.0 Å². The van der Waals surface area contributed by atoms with Gasteiger partial charge in [0.15, 0.2) is 4.34 Å². The van der Waals surface area contributed by atoms with Crippen LogP contribution in [0.3, 0.4) is 0 Å². The van der Waals surface area contributed by atoms with E-state index < -0.39 is 0 Å². The summed E-state index contributed by atoms with van der Waals surface area (Å²) in [7, 11) is 1.61. The van der Waals surface area contributed by atoms with Gasteiger partial charge in [0.25, 0.3) is 0 Å². The van der Waals surface area contributed by atoms with E-state index in [0.717, 1.165) is 32.7 Å². The number of amides is 1. The molecule has 0 atom stereocenters. The highest BCUT2D eigenvalue weighted by Crippen LogP contribution is 2.26. The first kappa shape index (κ1) is 23.7. The minimum Gasteiger partial charge on any atom is -0.497 e. The van der Waals surface area contributed by atoms with Crippen LogP contribution in [-0.4, -0.2) is 45.7 Å². The number of methoxy groups -OCH3 is 1. The number of rotatable bonds is 11. The van der Waals surface area contributed by atoms with Crippen LogP contribution in [0.2, 0.25) is 0 Å². The number of ether oxygens (including phenoxy) is 2. The van der Waals surface area contributed by atoms with Gasteiger partial charge in [0.2, 0.25) is 22.8 Å². The molecule has 9 nitrogen and oxygen atoms in total. The maximum atomic E-state index is 12.3. The molecule has 0 saturated carbocycles. The van der Waals surface area contributed by atoms with Crippen molar-refractivity contribution >= 4 is 34.1 Å². The van der Waals surface area contributed by atoms with Gasteiger partial charge in [0.05, 0.1) is 13.7 Å². The Balaban J connectivity index is 1.19. The van der Waals surface area contributed by atoms with Crippen LogP contribution in [-0.2, 0) is 11.2 Å². The van der Waals surface area contributed by atoms with E-state index in [1.165, 1.54) is 23.1 Å². The maximum absolute atomic E-state index is 12.3. The van der Waals surface area contributed by atoms with E-state index in [2.05, 4.69) is 25.7 Å². The number of hydrogen-bond donors (Lipinski definition) is 1. The van der Waals surface area contributed by atoms with E-state index in [4.69, 9.17) is 14.0 Å². The van der Waals surface area contributed by atoms with Crippen molar-refractivity contribution in [3.8, 4) is 22.9 Å². The molecule has 0 aliphatic heterocycles. The van der Waals surface area contributed by atoms with Crippen LogP contribution in [0.5, 0.6) is 11.5 Å². The number of aromatic nitrogens is 4. The summed E-state index contributed by atoms with van der Waals surface area (Å²) in [5.74, 6) is 3.02. The zero-order valence-corrected chi connectivity index (χ0v) is 20.3. The summed E-state index contributed by atoms with van der Waals surface area (Å²) in [6, 6.07) is 15.2. The molecule has 2 heterocycles. The van der Waals surface area contributed by atoms with E-state index in [1.807, 2.05) is 55.5 Å². The summed E-state index contributed by atoms with van der Waals surface area (Å²) in [4.78, 5) is 16.6. The smallest absolute Gasteiger partial charge is 0.227 e. The molecule has 176 valence electrons. The predicted octanol–water partition coefficient (Wildman–Crippen LogP) is 4.65. The molecule has 0 aliphatic rings. The largest absolute Gasteiger partial charge is 0.497 e. The molecular formula is C23H23N5O4S2. The lowest BCUT2D eigenvalue weighted by molar-refractivity contribution is -0.116. The molecule has 0 saturated heterocycles. The third-order valence-electron chi connectivity index (χ3n) is 4.70. The van der Waals surface area contributed by atoms with Gasteiger partial charge in [-0.25, -0.2) is 0 Å². The molecule has 0 bridgehead atoms. The Kier molecular flexibility index (Phi) is 8.10. The SMILES string of the molecule is COc1ccc(-c2noc(CCC(=O)Nc3nnc(SCCOc4ccccc4C)s3)n2)cc1. The number of benzene rings is 2. The highest BCUT2D eigenvalue weighted by molar-refractivity contribution is 8.01. The Morgan fingerprint density at radius 2 is 1.97 bits per heavy atom. The summed E-state index contributed by atoms with van der Waals surface area (Å²) in [5.41, 5.74) is 1.91. The molecule has 1 amide bonds. The highest BCUT2D eigenvalue weighted by Gasteiger charge is 2.13. The third-order valence-corrected chi connectivity index (χ3v) is 6.63. The number of nitrogens with one attached hydrogen (secondary N) is 1. The predicted molar refractivity (Wildman–Crippen MR) is 131 cm³/mol. The van der Waals surface area contributed by atoms with E-state index in [1.54, 1.807) is 7.11 Å². The van der Waals surface area contributed by atoms with Crippen LogP contribution in [0, 0.1) is 6.92 Å². The quantitative estimate of drug-likeness (QED) is 0.180. The van der Waals surface area contributed by atoms with E-state index >= 15 is 0 Å². The van der Waals surface area contributed by atoms with E-state index in [-0.39, 0.29) is 12.3 Å². The standard InChI is InChI=1S/C23H23N5O4S2/c1-15-5-3-4-6-18(15)31-13-14-33-23-27-26-22(34-23)24-19(29)11-12-20-25-21(28-32-20)16-7-9-17(30-2)10-8-16/h3-10H,11-14H2,1-2H3,(H,24,26,29). The number of para-hydroxylation sites is 1. The van der Waals surface area contributed by atoms with Crippen LogP contribution < -0.4 is 14.8 Å². The Hall–Kier alpha value is -3.44. The van der Waals surface area contributed by atoms with Gasteiger partial charge in [-0.2, -0.15) is 4.98 Å². The van der Waals surface area contributed by atoms with Crippen molar-refractivity contribution in [2.75, 3.05) is 24.8 Å². The second kappa shape index (κ2) is 11.6. The monoisotopic (exact) mass is 497 g/mol. The van der Waals surface area contributed by atoms with Crippen LogP contribution in [0.15, 0.2) is 57.4 Å². The van der Waals surface area contributed by atoms with E-state index in [0.29, 0.717) is 29.9 Å². The first-order chi connectivity index (χ1) is 16.6. The molecule has 4 rings (SSSR count). The summed E-state index contributed by atoms with van der Waals surface area (Å²) >= 11 is 2.86. The third kappa shape index (κ3) is 6.55. The van der Waals surface area contributed by atoms with Gasteiger partial charge in [0, 0.05) is 24.2 Å². The van der Waals surface area contributed by atoms with Gasteiger partial charge in [-0.3, -0.25) is 4.79 Å². The molecule has 0 fully saturated rings. The number of aryl methyl sites for hydroxylation is 2. The molecule has 34 heavy (non-hydrogen) atoms. The zero-order valence-electron chi connectivity index (χ0n) is 18.7. The zero-order chi connectivity index (χ0) is 23.8. The lowest BCUT2D eigenvalue weighted by Gasteiger charge is -2.07. The van der Waals surface area contributed by atoms with Gasteiger partial charge in [-0.1, -0.05) is 46.5 Å². The second-order valence-corrected chi connectivity index (χ2v) is 9.44. The minimum atomic E-state index is -0.195. The number of anilines is 1. The van der Waals surface area contributed by atoms with Crippen molar-refractivity contribution in [1.29, 1.82) is 0 Å². The minimum absolute atomic E-state index is 0.191. The Morgan fingerprint density at radius 3 is 2.76 bits per heavy atom.